The predicted molar refractivity (Wildman–Crippen MR) is 118 cm³/mol. The molecule has 0 aromatic heterocycles. The molecule has 0 N–H and O–H groups in total. The lowest BCUT2D eigenvalue weighted by Gasteiger charge is -2.43. The molecule has 2 fully saturated rings. The standard InChI is InChI=1S/C25H29N3O2/c1-4-6-7-12-27-18-19(3)23(5-2)28-13-11-25(24(28)29)15-22(16-25)30-21-10-8-9-20(14-21)17-26/h8-10,12,14,18,22-23H,4-5,11,13,15-16H2,1-3H3/b19-18+,27-12?. The summed E-state index contributed by atoms with van der Waals surface area (Å²) in [6.45, 7) is 6.92. The third-order valence-electron chi connectivity index (χ3n) is 6.03. The molecule has 156 valence electrons. The first kappa shape index (κ1) is 21.7. The zero-order valence-corrected chi connectivity index (χ0v) is 18.0. The molecule has 1 unspecified atom stereocenters. The summed E-state index contributed by atoms with van der Waals surface area (Å²) in [5, 5.41) is 9.04. The lowest BCUT2D eigenvalue weighted by Crippen LogP contribution is -2.50. The van der Waals surface area contributed by atoms with Crippen molar-refractivity contribution in [3.05, 3.63) is 41.6 Å². The van der Waals surface area contributed by atoms with E-state index in [0.29, 0.717) is 11.3 Å². The van der Waals surface area contributed by atoms with E-state index in [9.17, 15) is 4.79 Å². The van der Waals surface area contributed by atoms with E-state index in [4.69, 9.17) is 10.00 Å². The zero-order chi connectivity index (χ0) is 21.6. The second-order valence-electron chi connectivity index (χ2n) is 8.07. The zero-order valence-electron chi connectivity index (χ0n) is 18.0. The van der Waals surface area contributed by atoms with Crippen LogP contribution in [-0.4, -0.2) is 35.7 Å². The molecular formula is C25H29N3O2. The number of hydrogen-bond donors (Lipinski definition) is 0. The van der Waals surface area contributed by atoms with Gasteiger partial charge in [-0.15, -0.1) is 0 Å². The first-order valence-electron chi connectivity index (χ1n) is 10.7. The molecule has 30 heavy (non-hydrogen) atoms. The Morgan fingerprint density at radius 1 is 1.43 bits per heavy atom. The minimum Gasteiger partial charge on any atom is -0.490 e. The minimum atomic E-state index is -0.291. The molecule has 1 aliphatic carbocycles. The number of carbonyl (C=O) groups is 1. The Balaban J connectivity index is 1.60. The van der Waals surface area contributed by atoms with Gasteiger partial charge < -0.3 is 9.64 Å². The Morgan fingerprint density at radius 2 is 2.23 bits per heavy atom. The van der Waals surface area contributed by atoms with Crippen LogP contribution < -0.4 is 4.74 Å². The lowest BCUT2D eigenvalue weighted by molar-refractivity contribution is -0.146. The Kier molecular flexibility index (Phi) is 6.95. The van der Waals surface area contributed by atoms with E-state index < -0.39 is 0 Å². The molecule has 0 bridgehead atoms. The Morgan fingerprint density at radius 3 is 2.93 bits per heavy atom. The van der Waals surface area contributed by atoms with Crippen molar-refractivity contribution in [2.75, 3.05) is 6.54 Å². The van der Waals surface area contributed by atoms with Crippen LogP contribution in [0.4, 0.5) is 0 Å². The fourth-order valence-corrected chi connectivity index (χ4v) is 4.46. The highest BCUT2D eigenvalue weighted by Gasteiger charge is 2.57. The summed E-state index contributed by atoms with van der Waals surface area (Å²) in [7, 11) is 0. The van der Waals surface area contributed by atoms with Crippen LogP contribution in [0.2, 0.25) is 0 Å². The van der Waals surface area contributed by atoms with Crippen LogP contribution in [0.15, 0.2) is 41.0 Å². The average molecular weight is 404 g/mol. The van der Waals surface area contributed by atoms with E-state index in [1.165, 1.54) is 0 Å². The van der Waals surface area contributed by atoms with Gasteiger partial charge in [0.25, 0.3) is 0 Å². The number of hydrogen-bond acceptors (Lipinski definition) is 4. The molecule has 1 aromatic rings. The average Bonchev–Trinajstić information content (AvgIpc) is 3.06. The fourth-order valence-electron chi connectivity index (χ4n) is 4.46. The van der Waals surface area contributed by atoms with Gasteiger partial charge in [0.05, 0.1) is 29.3 Å². The highest BCUT2D eigenvalue weighted by atomic mass is 16.5. The summed E-state index contributed by atoms with van der Waals surface area (Å²) in [6, 6.07) is 9.39. The van der Waals surface area contributed by atoms with Gasteiger partial charge in [-0.2, -0.15) is 5.26 Å². The first-order valence-corrected chi connectivity index (χ1v) is 10.7. The van der Waals surface area contributed by atoms with Crippen LogP contribution in [0.3, 0.4) is 0 Å². The van der Waals surface area contributed by atoms with Crippen molar-refractivity contribution in [1.82, 2.24) is 4.90 Å². The van der Waals surface area contributed by atoms with E-state index >= 15 is 0 Å². The van der Waals surface area contributed by atoms with Crippen molar-refractivity contribution in [2.45, 2.75) is 65.0 Å². The van der Waals surface area contributed by atoms with E-state index in [1.807, 2.05) is 37.1 Å². The van der Waals surface area contributed by atoms with Gasteiger partial charge in [0.1, 0.15) is 11.9 Å². The second kappa shape index (κ2) is 9.63. The van der Waals surface area contributed by atoms with Crippen LogP contribution in [0.1, 0.15) is 58.4 Å². The molecule has 3 rings (SSSR count). The molecule has 1 spiro atoms. The minimum absolute atomic E-state index is 0.0290. The fraction of sp³-hybridized carbons (Fsp3) is 0.480. The number of benzene rings is 1. The summed E-state index contributed by atoms with van der Waals surface area (Å²) in [4.78, 5) is 19.6. The van der Waals surface area contributed by atoms with Crippen LogP contribution in [-0.2, 0) is 4.79 Å². The molecule has 1 heterocycles. The molecule has 5 nitrogen and oxygen atoms in total. The molecule has 1 aliphatic heterocycles. The van der Waals surface area contributed by atoms with Gasteiger partial charge in [0, 0.05) is 19.2 Å². The van der Waals surface area contributed by atoms with Gasteiger partial charge in [-0.25, -0.2) is 0 Å². The number of nitriles is 1. The second-order valence-corrected chi connectivity index (χ2v) is 8.07. The largest absolute Gasteiger partial charge is 0.490 e. The Bertz CT molecular complexity index is 939. The maximum atomic E-state index is 13.3. The first-order chi connectivity index (χ1) is 14.5. The van der Waals surface area contributed by atoms with Crippen molar-refractivity contribution in [2.24, 2.45) is 10.4 Å². The Labute approximate surface area is 179 Å². The number of likely N-dealkylation sites (tertiary alicyclic amines) is 1. The van der Waals surface area contributed by atoms with Gasteiger partial charge in [0.2, 0.25) is 5.91 Å². The van der Waals surface area contributed by atoms with E-state index in [-0.39, 0.29) is 23.5 Å². The smallest absolute Gasteiger partial charge is 0.229 e. The maximum absolute atomic E-state index is 13.3. The molecule has 1 saturated carbocycles. The van der Waals surface area contributed by atoms with Crippen LogP contribution >= 0.6 is 0 Å². The molecule has 1 amide bonds. The van der Waals surface area contributed by atoms with Crippen molar-refractivity contribution < 1.29 is 9.53 Å². The number of amides is 1. The van der Waals surface area contributed by atoms with Crippen molar-refractivity contribution in [3.63, 3.8) is 0 Å². The van der Waals surface area contributed by atoms with E-state index in [0.717, 1.165) is 44.2 Å². The predicted octanol–water partition coefficient (Wildman–Crippen LogP) is 4.48. The molecule has 5 heteroatoms. The topological polar surface area (TPSA) is 65.7 Å². The molecule has 1 aromatic carbocycles. The van der Waals surface area contributed by atoms with E-state index in [2.05, 4.69) is 29.8 Å². The number of carbonyl (C=O) groups excluding carboxylic acids is 1. The van der Waals surface area contributed by atoms with Gasteiger partial charge in [0.15, 0.2) is 0 Å². The SMILES string of the molecule is CCC#CC=N/C=C(\C)C(CC)N1CCC2(CC(Oc3cccc(C#N)c3)C2)C1=O. The van der Waals surface area contributed by atoms with E-state index in [1.54, 1.807) is 18.3 Å². The normalized spacial score (nSPS) is 24.3. The van der Waals surface area contributed by atoms with Gasteiger partial charge in [-0.3, -0.25) is 9.79 Å². The van der Waals surface area contributed by atoms with Crippen molar-refractivity contribution in [3.8, 4) is 23.7 Å². The summed E-state index contributed by atoms with van der Waals surface area (Å²) in [6.07, 6.45) is 7.49. The van der Waals surface area contributed by atoms with Gasteiger partial charge in [-0.1, -0.05) is 31.8 Å². The van der Waals surface area contributed by atoms with Crippen LogP contribution in [0.5, 0.6) is 5.75 Å². The molecule has 0 radical (unpaired) electrons. The molecule has 2 aliphatic rings. The van der Waals surface area contributed by atoms with Gasteiger partial charge >= 0.3 is 0 Å². The maximum Gasteiger partial charge on any atom is 0.229 e. The number of aliphatic imine (C=N–C) groups is 1. The third-order valence-corrected chi connectivity index (χ3v) is 6.03. The molecule has 1 atom stereocenters. The summed E-state index contributed by atoms with van der Waals surface area (Å²) in [5.41, 5.74) is 1.38. The Hall–Kier alpha value is -3.05. The molecule has 1 saturated heterocycles. The number of nitrogens with zero attached hydrogens (tertiary/aromatic N) is 3. The number of ether oxygens (including phenoxy) is 1. The van der Waals surface area contributed by atoms with Crippen LogP contribution in [0.25, 0.3) is 0 Å². The highest BCUT2D eigenvalue weighted by molar-refractivity contribution is 5.86. The van der Waals surface area contributed by atoms with Crippen molar-refractivity contribution in [1.29, 1.82) is 5.26 Å². The summed E-state index contributed by atoms with van der Waals surface area (Å²) >= 11 is 0. The van der Waals surface area contributed by atoms with Crippen LogP contribution in [0, 0.1) is 28.6 Å². The van der Waals surface area contributed by atoms with Crippen molar-refractivity contribution >= 4 is 12.1 Å². The monoisotopic (exact) mass is 403 g/mol. The lowest BCUT2D eigenvalue weighted by atomic mass is 9.65. The van der Waals surface area contributed by atoms with Gasteiger partial charge in [-0.05, 0) is 56.4 Å². The highest BCUT2D eigenvalue weighted by Crippen LogP contribution is 2.51. The summed E-state index contributed by atoms with van der Waals surface area (Å²) < 4.78 is 6.02. The summed E-state index contributed by atoms with van der Waals surface area (Å²) in [5.74, 6) is 6.79. The quantitative estimate of drug-likeness (QED) is 0.519. The number of rotatable bonds is 6. The molecular weight excluding hydrogens is 374 g/mol. The third kappa shape index (κ3) is 4.57.